The number of rotatable bonds is 6. The molecule has 0 amide bonds. The summed E-state index contributed by atoms with van der Waals surface area (Å²) in [5.74, 6) is 1.42. The van der Waals surface area contributed by atoms with Crippen molar-refractivity contribution < 1.29 is 9.53 Å². The van der Waals surface area contributed by atoms with Gasteiger partial charge in [0.2, 0.25) is 0 Å². The lowest BCUT2D eigenvalue weighted by Gasteiger charge is -2.19. The first-order chi connectivity index (χ1) is 14.8. The zero-order valence-corrected chi connectivity index (χ0v) is 18.9. The summed E-state index contributed by atoms with van der Waals surface area (Å²) < 4.78 is 7.06. The predicted molar refractivity (Wildman–Crippen MR) is 127 cm³/mol. The van der Waals surface area contributed by atoms with Gasteiger partial charge in [0.15, 0.2) is 5.13 Å². The number of pyridine rings is 1. The Labute approximate surface area is 186 Å². The lowest BCUT2D eigenvalue weighted by Crippen LogP contribution is -2.10. The number of anilines is 2. The van der Waals surface area contributed by atoms with Crippen LogP contribution in [0.4, 0.5) is 10.8 Å². The molecule has 0 aliphatic carbocycles. The third kappa shape index (κ3) is 5.27. The Morgan fingerprint density at radius 2 is 1.87 bits per heavy atom. The summed E-state index contributed by atoms with van der Waals surface area (Å²) in [6.07, 6.45) is 1.95. The predicted octanol–water partition coefficient (Wildman–Crippen LogP) is 6.66. The number of nitrogens with one attached hydrogen (secondary N) is 1. The van der Waals surface area contributed by atoms with Crippen molar-refractivity contribution in [3.8, 4) is 11.5 Å². The summed E-state index contributed by atoms with van der Waals surface area (Å²) >= 11 is 1.60. The maximum Gasteiger partial charge on any atom is 0.188 e. The zero-order chi connectivity index (χ0) is 22.0. The van der Waals surface area contributed by atoms with E-state index in [1.165, 1.54) is 5.56 Å². The minimum Gasteiger partial charge on any atom is -0.457 e. The van der Waals surface area contributed by atoms with Crippen molar-refractivity contribution in [2.45, 2.75) is 39.5 Å². The van der Waals surface area contributed by atoms with E-state index in [0.717, 1.165) is 21.0 Å². The Kier molecular flexibility index (Phi) is 5.74. The molecule has 4 rings (SSSR count). The van der Waals surface area contributed by atoms with Gasteiger partial charge in [0, 0.05) is 30.4 Å². The average Bonchev–Trinajstić information content (AvgIpc) is 3.09. The second-order valence-electron chi connectivity index (χ2n) is 8.57. The van der Waals surface area contributed by atoms with E-state index in [-0.39, 0.29) is 11.2 Å². The molecule has 0 fully saturated rings. The summed E-state index contributed by atoms with van der Waals surface area (Å²) in [6.45, 7) is 8.17. The number of nitrogens with zero attached hydrogens (tertiary/aromatic N) is 2. The number of ketones is 1. The lowest BCUT2D eigenvalue weighted by molar-refractivity contribution is -0.116. The second kappa shape index (κ2) is 8.47. The number of hydrogen-bond acceptors (Lipinski definition) is 6. The first-order valence-corrected chi connectivity index (χ1v) is 11.0. The molecule has 0 unspecified atom stereocenters. The molecule has 6 heteroatoms. The standard InChI is InChI=1S/C25H25N3O2S/c1-16(29)12-19-14-21(10-11-26-19)30-20-8-9-23-22(15-20)28-24(31-23)27-18-7-5-6-17(13-18)25(2,3)4/h5-11,13-15H,12H2,1-4H3,(H,27,28). The Morgan fingerprint density at radius 1 is 1.06 bits per heavy atom. The van der Waals surface area contributed by atoms with Crippen LogP contribution in [0.5, 0.6) is 11.5 Å². The van der Waals surface area contributed by atoms with Crippen molar-refractivity contribution in [2.75, 3.05) is 5.32 Å². The second-order valence-corrected chi connectivity index (χ2v) is 9.60. The molecule has 0 bridgehead atoms. The first-order valence-electron chi connectivity index (χ1n) is 10.2. The maximum atomic E-state index is 11.3. The highest BCUT2D eigenvalue weighted by atomic mass is 32.1. The third-order valence-corrected chi connectivity index (χ3v) is 5.74. The molecular weight excluding hydrogens is 406 g/mol. The highest BCUT2D eigenvalue weighted by Crippen LogP contribution is 2.33. The highest BCUT2D eigenvalue weighted by molar-refractivity contribution is 7.22. The molecule has 158 valence electrons. The van der Waals surface area contributed by atoms with Crippen molar-refractivity contribution in [1.29, 1.82) is 0 Å². The topological polar surface area (TPSA) is 64.1 Å². The van der Waals surface area contributed by atoms with Gasteiger partial charge in [-0.3, -0.25) is 9.78 Å². The normalized spacial score (nSPS) is 11.5. The van der Waals surface area contributed by atoms with Crippen molar-refractivity contribution in [1.82, 2.24) is 9.97 Å². The smallest absolute Gasteiger partial charge is 0.188 e. The van der Waals surface area contributed by atoms with Gasteiger partial charge in [-0.25, -0.2) is 4.98 Å². The molecule has 2 heterocycles. The maximum absolute atomic E-state index is 11.3. The van der Waals surface area contributed by atoms with E-state index in [1.807, 2.05) is 18.2 Å². The number of aromatic nitrogens is 2. The third-order valence-electron chi connectivity index (χ3n) is 4.79. The Bertz CT molecular complexity index is 1240. The molecule has 0 saturated heterocycles. The molecule has 4 aromatic rings. The highest BCUT2D eigenvalue weighted by Gasteiger charge is 2.14. The Balaban J connectivity index is 1.53. The molecule has 0 spiro atoms. The van der Waals surface area contributed by atoms with Crippen LogP contribution < -0.4 is 10.1 Å². The van der Waals surface area contributed by atoms with Crippen LogP contribution in [0.3, 0.4) is 0 Å². The molecular formula is C25H25N3O2S. The number of hydrogen-bond donors (Lipinski definition) is 1. The summed E-state index contributed by atoms with van der Waals surface area (Å²) in [5, 5.41) is 4.27. The molecule has 2 aromatic carbocycles. The van der Waals surface area contributed by atoms with E-state index in [2.05, 4.69) is 55.3 Å². The van der Waals surface area contributed by atoms with E-state index in [1.54, 1.807) is 36.6 Å². The monoisotopic (exact) mass is 431 g/mol. The van der Waals surface area contributed by atoms with Crippen LogP contribution in [-0.2, 0) is 16.6 Å². The van der Waals surface area contributed by atoms with Crippen molar-refractivity contribution in [3.63, 3.8) is 0 Å². The van der Waals surface area contributed by atoms with Gasteiger partial charge in [0.1, 0.15) is 17.3 Å². The van der Waals surface area contributed by atoms with Crippen LogP contribution >= 0.6 is 11.3 Å². The summed E-state index contributed by atoms with van der Waals surface area (Å²) in [7, 11) is 0. The van der Waals surface area contributed by atoms with Crippen LogP contribution in [0.15, 0.2) is 60.8 Å². The number of carbonyl (C=O) groups excluding carboxylic acids is 1. The molecule has 0 aliphatic rings. The average molecular weight is 432 g/mol. The molecule has 0 radical (unpaired) electrons. The fraction of sp³-hybridized carbons (Fsp3) is 0.240. The SMILES string of the molecule is CC(=O)Cc1cc(Oc2ccc3sc(Nc4cccc(C(C)(C)C)c4)nc3c2)ccn1. The summed E-state index contributed by atoms with van der Waals surface area (Å²) in [6, 6.07) is 17.9. The fourth-order valence-electron chi connectivity index (χ4n) is 3.22. The fourth-order valence-corrected chi connectivity index (χ4v) is 4.08. The lowest BCUT2D eigenvalue weighted by atomic mass is 9.87. The molecule has 0 aliphatic heterocycles. The molecule has 31 heavy (non-hydrogen) atoms. The number of fused-ring (bicyclic) bond motifs is 1. The van der Waals surface area contributed by atoms with Gasteiger partial charge >= 0.3 is 0 Å². The summed E-state index contributed by atoms with van der Waals surface area (Å²) in [5.41, 5.74) is 3.96. The van der Waals surface area contributed by atoms with E-state index in [9.17, 15) is 4.79 Å². The van der Waals surface area contributed by atoms with Crippen LogP contribution in [-0.4, -0.2) is 15.8 Å². The van der Waals surface area contributed by atoms with E-state index in [4.69, 9.17) is 9.72 Å². The Hall–Kier alpha value is -3.25. The van der Waals surface area contributed by atoms with Crippen LogP contribution in [0, 0.1) is 0 Å². The van der Waals surface area contributed by atoms with Gasteiger partial charge in [0.25, 0.3) is 0 Å². The minimum atomic E-state index is 0.0709. The van der Waals surface area contributed by atoms with Crippen molar-refractivity contribution in [3.05, 3.63) is 72.1 Å². The van der Waals surface area contributed by atoms with Gasteiger partial charge in [0.05, 0.1) is 15.9 Å². The van der Waals surface area contributed by atoms with Crippen LogP contribution in [0.25, 0.3) is 10.2 Å². The molecule has 2 aromatic heterocycles. The molecule has 1 N–H and O–H groups in total. The number of ether oxygens (including phenoxy) is 1. The van der Waals surface area contributed by atoms with Gasteiger partial charge in [-0.2, -0.15) is 0 Å². The minimum absolute atomic E-state index is 0.0709. The number of thiazole rings is 1. The number of carbonyl (C=O) groups is 1. The quantitative estimate of drug-likeness (QED) is 0.370. The van der Waals surface area contributed by atoms with Crippen LogP contribution in [0.2, 0.25) is 0 Å². The van der Waals surface area contributed by atoms with E-state index in [0.29, 0.717) is 23.6 Å². The van der Waals surface area contributed by atoms with Gasteiger partial charge in [-0.15, -0.1) is 0 Å². The van der Waals surface area contributed by atoms with E-state index >= 15 is 0 Å². The van der Waals surface area contributed by atoms with Gasteiger partial charge < -0.3 is 10.1 Å². The number of Topliss-reactive ketones (excluding diaryl/α,β-unsaturated/α-hetero) is 1. The first kappa shape index (κ1) is 21.0. The Morgan fingerprint density at radius 3 is 2.65 bits per heavy atom. The zero-order valence-electron chi connectivity index (χ0n) is 18.1. The van der Waals surface area contributed by atoms with Crippen molar-refractivity contribution in [2.24, 2.45) is 0 Å². The van der Waals surface area contributed by atoms with Crippen LogP contribution in [0.1, 0.15) is 39.0 Å². The number of benzene rings is 2. The largest absolute Gasteiger partial charge is 0.457 e. The van der Waals surface area contributed by atoms with E-state index < -0.39 is 0 Å². The summed E-state index contributed by atoms with van der Waals surface area (Å²) in [4.78, 5) is 20.3. The van der Waals surface area contributed by atoms with Gasteiger partial charge in [-0.1, -0.05) is 44.2 Å². The van der Waals surface area contributed by atoms with Gasteiger partial charge in [-0.05, 0) is 48.2 Å². The van der Waals surface area contributed by atoms with Crippen molar-refractivity contribution >= 4 is 38.2 Å². The molecule has 5 nitrogen and oxygen atoms in total. The molecule has 0 saturated carbocycles. The molecule has 0 atom stereocenters.